The third-order valence-electron chi connectivity index (χ3n) is 2.29. The quantitative estimate of drug-likeness (QED) is 0.805. The minimum absolute atomic E-state index is 0.0590. The van der Waals surface area contributed by atoms with E-state index in [-0.39, 0.29) is 6.04 Å². The summed E-state index contributed by atoms with van der Waals surface area (Å²) in [6.07, 6.45) is 0. The maximum absolute atomic E-state index is 5.54. The zero-order chi connectivity index (χ0) is 11.5. The van der Waals surface area contributed by atoms with Crippen LogP contribution < -0.4 is 5.32 Å². The number of ether oxygens (including phenoxy) is 1. The predicted molar refractivity (Wildman–Crippen MR) is 56.4 cm³/mol. The van der Waals surface area contributed by atoms with E-state index in [1.807, 2.05) is 34.7 Å². The molecule has 5 nitrogen and oxygen atoms in total. The van der Waals surface area contributed by atoms with Crippen molar-refractivity contribution in [3.8, 4) is 0 Å². The Morgan fingerprint density at radius 3 is 2.73 bits per heavy atom. The van der Waals surface area contributed by atoms with Crippen molar-refractivity contribution in [2.45, 2.75) is 39.3 Å². The monoisotopic (exact) mass is 213 g/mol. The van der Waals surface area contributed by atoms with Gasteiger partial charge in [-0.1, -0.05) is 5.16 Å². The topological polar surface area (TPSA) is 60.2 Å². The van der Waals surface area contributed by atoms with Crippen molar-refractivity contribution >= 4 is 0 Å². The molecule has 1 aromatic rings. The minimum Gasteiger partial charge on any atom is -0.368 e. The van der Waals surface area contributed by atoms with Crippen LogP contribution >= 0.6 is 0 Å². The normalized spacial score (nSPS) is 14.2. The predicted octanol–water partition coefficient (Wildman–Crippen LogP) is 1.62. The molecule has 0 fully saturated rings. The molecule has 1 unspecified atom stereocenters. The van der Waals surface area contributed by atoms with Crippen LogP contribution in [0.15, 0.2) is 4.52 Å². The highest BCUT2D eigenvalue weighted by Crippen LogP contribution is 2.22. The Balaban J connectivity index is 2.83. The summed E-state index contributed by atoms with van der Waals surface area (Å²) in [5, 5.41) is 6.97. The van der Waals surface area contributed by atoms with Gasteiger partial charge in [-0.2, -0.15) is 4.98 Å². The molecule has 0 radical (unpaired) electrons. The van der Waals surface area contributed by atoms with Gasteiger partial charge in [0.2, 0.25) is 11.7 Å². The lowest BCUT2D eigenvalue weighted by Crippen LogP contribution is -2.23. The van der Waals surface area contributed by atoms with Gasteiger partial charge in [0.05, 0.1) is 6.04 Å². The van der Waals surface area contributed by atoms with E-state index in [0.29, 0.717) is 18.3 Å². The molecule has 1 atom stereocenters. The van der Waals surface area contributed by atoms with Crippen LogP contribution in [0, 0.1) is 0 Å². The maximum atomic E-state index is 5.54. The van der Waals surface area contributed by atoms with Gasteiger partial charge in [-0.05, 0) is 34.7 Å². The van der Waals surface area contributed by atoms with Gasteiger partial charge in [-0.15, -0.1) is 0 Å². The SMILES string of the molecule is CCOC(C)(C)c1noc(C(C)NC)n1. The second-order valence-corrected chi connectivity index (χ2v) is 3.91. The average Bonchev–Trinajstić information content (AvgIpc) is 2.66. The van der Waals surface area contributed by atoms with Crippen LogP contribution in [0.25, 0.3) is 0 Å². The third-order valence-corrected chi connectivity index (χ3v) is 2.29. The number of nitrogens with zero attached hydrogens (tertiary/aromatic N) is 2. The smallest absolute Gasteiger partial charge is 0.243 e. The highest BCUT2D eigenvalue weighted by molar-refractivity contribution is 4.99. The van der Waals surface area contributed by atoms with E-state index in [2.05, 4.69) is 15.5 Å². The first kappa shape index (κ1) is 12.1. The number of rotatable bonds is 5. The molecule has 86 valence electrons. The Kier molecular flexibility index (Phi) is 3.82. The van der Waals surface area contributed by atoms with Crippen LogP contribution in [0.4, 0.5) is 0 Å². The van der Waals surface area contributed by atoms with Gasteiger partial charge in [0.25, 0.3) is 0 Å². The van der Waals surface area contributed by atoms with E-state index >= 15 is 0 Å². The highest BCUT2D eigenvalue weighted by Gasteiger charge is 2.27. The third kappa shape index (κ3) is 2.76. The van der Waals surface area contributed by atoms with Crippen molar-refractivity contribution in [2.24, 2.45) is 0 Å². The molecule has 0 saturated carbocycles. The van der Waals surface area contributed by atoms with Gasteiger partial charge in [-0.25, -0.2) is 0 Å². The van der Waals surface area contributed by atoms with Gasteiger partial charge < -0.3 is 14.6 Å². The Labute approximate surface area is 90.2 Å². The molecule has 5 heteroatoms. The molecule has 1 N–H and O–H groups in total. The molecular weight excluding hydrogens is 194 g/mol. The first-order valence-corrected chi connectivity index (χ1v) is 5.16. The Morgan fingerprint density at radius 1 is 1.53 bits per heavy atom. The molecule has 0 saturated heterocycles. The summed E-state index contributed by atoms with van der Waals surface area (Å²) < 4.78 is 10.7. The molecule has 15 heavy (non-hydrogen) atoms. The van der Waals surface area contributed by atoms with Gasteiger partial charge in [0.1, 0.15) is 5.60 Å². The van der Waals surface area contributed by atoms with E-state index in [4.69, 9.17) is 9.26 Å². The molecule has 0 aromatic carbocycles. The number of nitrogens with one attached hydrogen (secondary N) is 1. The first-order valence-electron chi connectivity index (χ1n) is 5.16. The van der Waals surface area contributed by atoms with Crippen molar-refractivity contribution in [1.29, 1.82) is 0 Å². The lowest BCUT2D eigenvalue weighted by Gasteiger charge is -2.19. The zero-order valence-corrected chi connectivity index (χ0v) is 10.00. The molecule has 1 rings (SSSR count). The van der Waals surface area contributed by atoms with Crippen molar-refractivity contribution < 1.29 is 9.26 Å². The van der Waals surface area contributed by atoms with Crippen LogP contribution in [0.2, 0.25) is 0 Å². The Hall–Kier alpha value is -0.940. The molecule has 0 aliphatic carbocycles. The zero-order valence-electron chi connectivity index (χ0n) is 10.00. The molecule has 0 aliphatic heterocycles. The highest BCUT2D eigenvalue weighted by atomic mass is 16.5. The van der Waals surface area contributed by atoms with Crippen molar-refractivity contribution in [2.75, 3.05) is 13.7 Å². The minimum atomic E-state index is -0.496. The fourth-order valence-corrected chi connectivity index (χ4v) is 1.20. The maximum Gasteiger partial charge on any atom is 0.243 e. The second kappa shape index (κ2) is 4.72. The molecule has 1 heterocycles. The van der Waals surface area contributed by atoms with Gasteiger partial charge in [0.15, 0.2) is 0 Å². The Bertz CT molecular complexity index is 309. The van der Waals surface area contributed by atoms with Crippen LogP contribution in [-0.2, 0) is 10.3 Å². The molecule has 1 aromatic heterocycles. The van der Waals surface area contributed by atoms with Gasteiger partial charge >= 0.3 is 0 Å². The standard InChI is InChI=1S/C10H19N3O2/c1-6-14-10(3,4)9-12-8(15-13-9)7(2)11-5/h7,11H,6H2,1-5H3. The van der Waals surface area contributed by atoms with E-state index in [1.54, 1.807) is 0 Å². The lowest BCUT2D eigenvalue weighted by molar-refractivity contribution is -0.0221. The summed E-state index contributed by atoms with van der Waals surface area (Å²) in [7, 11) is 1.85. The van der Waals surface area contributed by atoms with Crippen molar-refractivity contribution in [3.63, 3.8) is 0 Å². The van der Waals surface area contributed by atoms with E-state index in [0.717, 1.165) is 0 Å². The second-order valence-electron chi connectivity index (χ2n) is 3.91. The Morgan fingerprint density at radius 2 is 2.20 bits per heavy atom. The summed E-state index contributed by atoms with van der Waals surface area (Å²) in [5.74, 6) is 1.17. The number of hydrogen-bond donors (Lipinski definition) is 1. The van der Waals surface area contributed by atoms with Crippen molar-refractivity contribution in [3.05, 3.63) is 11.7 Å². The summed E-state index contributed by atoms with van der Waals surface area (Å²) in [4.78, 5) is 4.31. The summed E-state index contributed by atoms with van der Waals surface area (Å²) >= 11 is 0. The molecule has 0 bridgehead atoms. The van der Waals surface area contributed by atoms with E-state index < -0.39 is 5.60 Å². The largest absolute Gasteiger partial charge is 0.368 e. The van der Waals surface area contributed by atoms with Crippen LogP contribution in [0.5, 0.6) is 0 Å². The van der Waals surface area contributed by atoms with Crippen LogP contribution in [0.3, 0.4) is 0 Å². The molecule has 0 amide bonds. The van der Waals surface area contributed by atoms with Crippen LogP contribution in [0.1, 0.15) is 45.5 Å². The lowest BCUT2D eigenvalue weighted by atomic mass is 10.1. The summed E-state index contributed by atoms with van der Waals surface area (Å²) in [5.41, 5.74) is -0.496. The fourth-order valence-electron chi connectivity index (χ4n) is 1.20. The molecule has 0 aliphatic rings. The van der Waals surface area contributed by atoms with E-state index in [1.165, 1.54) is 0 Å². The number of aromatic nitrogens is 2. The fraction of sp³-hybridized carbons (Fsp3) is 0.800. The van der Waals surface area contributed by atoms with Crippen molar-refractivity contribution in [1.82, 2.24) is 15.5 Å². The van der Waals surface area contributed by atoms with Gasteiger partial charge in [-0.3, -0.25) is 0 Å². The summed E-state index contributed by atoms with van der Waals surface area (Å²) in [6.45, 7) is 8.38. The average molecular weight is 213 g/mol. The number of hydrogen-bond acceptors (Lipinski definition) is 5. The molecule has 0 spiro atoms. The van der Waals surface area contributed by atoms with Crippen LogP contribution in [-0.4, -0.2) is 23.8 Å². The van der Waals surface area contributed by atoms with E-state index in [9.17, 15) is 0 Å². The molecular formula is C10H19N3O2. The summed E-state index contributed by atoms with van der Waals surface area (Å²) in [6, 6.07) is 0.0590. The van der Waals surface area contributed by atoms with Gasteiger partial charge in [0, 0.05) is 6.61 Å². The first-order chi connectivity index (χ1) is 7.01.